The Labute approximate surface area is 129 Å². The van der Waals surface area contributed by atoms with E-state index in [4.69, 9.17) is 11.5 Å². The van der Waals surface area contributed by atoms with Gasteiger partial charge in [-0.3, -0.25) is 14.6 Å². The third-order valence-corrected chi connectivity index (χ3v) is 3.02. The normalized spacial score (nSPS) is 11.3. The van der Waals surface area contributed by atoms with E-state index < -0.39 is 0 Å². The second-order valence-electron chi connectivity index (χ2n) is 5.50. The van der Waals surface area contributed by atoms with E-state index in [0.717, 1.165) is 52.0 Å². The van der Waals surface area contributed by atoms with Gasteiger partial charge in [0, 0.05) is 0 Å². The highest BCUT2D eigenvalue weighted by Crippen LogP contribution is 1.94. The van der Waals surface area contributed by atoms with Gasteiger partial charge in [-0.2, -0.15) is 0 Å². The number of carbonyl (C=O) groups is 1. The lowest BCUT2D eigenvalue weighted by atomic mass is 10.3. The zero-order chi connectivity index (χ0) is 15.9. The molecule has 0 aliphatic carbocycles. The second kappa shape index (κ2) is 14.2. The minimum absolute atomic E-state index is 0.0665. The minimum atomic E-state index is 0.0665. The summed E-state index contributed by atoms with van der Waals surface area (Å²) in [6.07, 6.45) is 2.95. The lowest BCUT2D eigenvalue weighted by Crippen LogP contribution is -2.42. The van der Waals surface area contributed by atoms with Crippen LogP contribution in [0.5, 0.6) is 0 Å². The molecule has 6 N–H and O–H groups in total. The molecule has 1 amide bonds. The van der Waals surface area contributed by atoms with Crippen molar-refractivity contribution < 1.29 is 4.79 Å². The van der Waals surface area contributed by atoms with Crippen LogP contribution in [0, 0.1) is 0 Å². The number of nitrogens with two attached hydrogens (primary N) is 2. The average molecular weight is 302 g/mol. The third-order valence-electron chi connectivity index (χ3n) is 3.02. The molecular formula is C14H34N6O. The Hall–Kier alpha value is -0.730. The molecule has 0 radical (unpaired) electrons. The summed E-state index contributed by atoms with van der Waals surface area (Å²) in [7, 11) is 3.86. The van der Waals surface area contributed by atoms with Crippen LogP contribution in [-0.2, 0) is 4.79 Å². The molecule has 0 aromatic rings. The summed E-state index contributed by atoms with van der Waals surface area (Å²) in [6.45, 7) is 6.09. The van der Waals surface area contributed by atoms with Gasteiger partial charge in [0.1, 0.15) is 0 Å². The molecule has 0 aliphatic heterocycles. The Morgan fingerprint density at radius 1 is 1.00 bits per heavy atom. The van der Waals surface area contributed by atoms with Crippen molar-refractivity contribution in [2.45, 2.75) is 19.3 Å². The summed E-state index contributed by atoms with van der Waals surface area (Å²) >= 11 is 0. The van der Waals surface area contributed by atoms with Gasteiger partial charge in [-0.25, -0.2) is 0 Å². The van der Waals surface area contributed by atoms with Crippen LogP contribution in [-0.4, -0.2) is 82.3 Å². The number of carbonyl (C=O) groups excluding carboxylic acids is 1. The average Bonchev–Trinajstić information content (AvgIpc) is 2.45. The second-order valence-corrected chi connectivity index (χ2v) is 5.50. The molecule has 0 aromatic heterocycles. The maximum Gasteiger partial charge on any atom is 0.235 e. The van der Waals surface area contributed by atoms with E-state index in [-0.39, 0.29) is 5.91 Å². The van der Waals surface area contributed by atoms with Gasteiger partial charge >= 0.3 is 0 Å². The predicted molar refractivity (Wildman–Crippen MR) is 88.0 cm³/mol. The largest absolute Gasteiger partial charge is 0.342 e. The van der Waals surface area contributed by atoms with E-state index in [1.54, 1.807) is 0 Å². The number of hydrogen-bond donors (Lipinski definition) is 4. The molecule has 0 rings (SSSR count). The lowest BCUT2D eigenvalue weighted by Gasteiger charge is -2.22. The van der Waals surface area contributed by atoms with Crippen LogP contribution in [0.4, 0.5) is 0 Å². The molecule has 0 aliphatic rings. The SMILES string of the molecule is CN(C)CNC(=O)CN(CCCN)CCCNCCCN. The van der Waals surface area contributed by atoms with Crippen LogP contribution in [0.1, 0.15) is 19.3 Å². The monoisotopic (exact) mass is 302 g/mol. The van der Waals surface area contributed by atoms with Crippen molar-refractivity contribution in [3.8, 4) is 0 Å². The summed E-state index contributed by atoms with van der Waals surface area (Å²) < 4.78 is 0. The fourth-order valence-electron chi connectivity index (χ4n) is 1.87. The van der Waals surface area contributed by atoms with Crippen molar-refractivity contribution in [3.63, 3.8) is 0 Å². The summed E-state index contributed by atoms with van der Waals surface area (Å²) in [4.78, 5) is 16.0. The van der Waals surface area contributed by atoms with Gasteiger partial charge in [0.25, 0.3) is 0 Å². The van der Waals surface area contributed by atoms with Gasteiger partial charge in [0.05, 0.1) is 13.2 Å². The standard InChI is InChI=1S/C14H34N6O/c1-19(2)13-18-14(21)12-20(10-4-7-16)11-5-9-17-8-3-6-15/h17H,3-13,15-16H2,1-2H3,(H,18,21). The number of hydrogen-bond acceptors (Lipinski definition) is 6. The van der Waals surface area contributed by atoms with Crippen molar-refractivity contribution in [1.82, 2.24) is 20.4 Å². The molecule has 0 unspecified atom stereocenters. The van der Waals surface area contributed by atoms with E-state index >= 15 is 0 Å². The van der Waals surface area contributed by atoms with E-state index in [2.05, 4.69) is 15.5 Å². The zero-order valence-electron chi connectivity index (χ0n) is 13.7. The molecular weight excluding hydrogens is 268 g/mol. The van der Waals surface area contributed by atoms with Gasteiger partial charge < -0.3 is 22.1 Å². The highest BCUT2D eigenvalue weighted by Gasteiger charge is 2.09. The van der Waals surface area contributed by atoms with Crippen LogP contribution in [0.25, 0.3) is 0 Å². The van der Waals surface area contributed by atoms with Crippen molar-refractivity contribution in [2.75, 3.05) is 66.6 Å². The maximum atomic E-state index is 11.9. The van der Waals surface area contributed by atoms with Crippen molar-refractivity contribution in [1.29, 1.82) is 0 Å². The van der Waals surface area contributed by atoms with Crippen LogP contribution < -0.4 is 22.1 Å². The van der Waals surface area contributed by atoms with E-state index in [1.807, 2.05) is 19.0 Å². The Kier molecular flexibility index (Phi) is 13.7. The molecule has 7 heteroatoms. The molecule has 0 bridgehead atoms. The molecule has 0 aromatic carbocycles. The Bertz CT molecular complexity index is 250. The topological polar surface area (TPSA) is 99.7 Å². The number of amides is 1. The van der Waals surface area contributed by atoms with Gasteiger partial charge in [-0.15, -0.1) is 0 Å². The molecule has 0 atom stereocenters. The van der Waals surface area contributed by atoms with Crippen molar-refractivity contribution in [2.24, 2.45) is 11.5 Å². The Morgan fingerprint density at radius 2 is 1.62 bits per heavy atom. The smallest absolute Gasteiger partial charge is 0.235 e. The first-order valence-corrected chi connectivity index (χ1v) is 7.84. The number of nitrogens with zero attached hydrogens (tertiary/aromatic N) is 2. The quantitative estimate of drug-likeness (QED) is 0.233. The maximum absolute atomic E-state index is 11.9. The molecule has 21 heavy (non-hydrogen) atoms. The van der Waals surface area contributed by atoms with Crippen LogP contribution in [0.2, 0.25) is 0 Å². The highest BCUT2D eigenvalue weighted by atomic mass is 16.2. The van der Waals surface area contributed by atoms with Crippen LogP contribution in [0.15, 0.2) is 0 Å². The third kappa shape index (κ3) is 14.0. The summed E-state index contributed by atoms with van der Waals surface area (Å²) in [5, 5.41) is 6.24. The Morgan fingerprint density at radius 3 is 2.24 bits per heavy atom. The lowest BCUT2D eigenvalue weighted by molar-refractivity contribution is -0.122. The predicted octanol–water partition coefficient (Wildman–Crippen LogP) is -1.40. The van der Waals surface area contributed by atoms with Gasteiger partial charge in [0.15, 0.2) is 0 Å². The first-order valence-electron chi connectivity index (χ1n) is 7.84. The first kappa shape index (κ1) is 20.3. The summed E-state index contributed by atoms with van der Waals surface area (Å²) in [6, 6.07) is 0. The highest BCUT2D eigenvalue weighted by molar-refractivity contribution is 5.77. The molecule has 7 nitrogen and oxygen atoms in total. The zero-order valence-corrected chi connectivity index (χ0v) is 13.7. The molecule has 126 valence electrons. The summed E-state index contributed by atoms with van der Waals surface area (Å²) in [5.41, 5.74) is 11.0. The van der Waals surface area contributed by atoms with E-state index in [1.165, 1.54) is 0 Å². The number of nitrogens with one attached hydrogen (secondary N) is 2. The van der Waals surface area contributed by atoms with Gasteiger partial charge in [-0.1, -0.05) is 0 Å². The molecule has 0 saturated carbocycles. The fraction of sp³-hybridized carbons (Fsp3) is 0.929. The van der Waals surface area contributed by atoms with Crippen molar-refractivity contribution >= 4 is 5.91 Å². The van der Waals surface area contributed by atoms with Crippen LogP contribution in [0.3, 0.4) is 0 Å². The molecule has 0 fully saturated rings. The molecule has 0 saturated heterocycles. The fourth-order valence-corrected chi connectivity index (χ4v) is 1.87. The summed E-state index contributed by atoms with van der Waals surface area (Å²) in [5.74, 6) is 0.0665. The minimum Gasteiger partial charge on any atom is -0.342 e. The van der Waals surface area contributed by atoms with E-state index in [0.29, 0.717) is 19.8 Å². The number of rotatable bonds is 14. The Balaban J connectivity index is 3.87. The van der Waals surface area contributed by atoms with E-state index in [9.17, 15) is 4.79 Å². The van der Waals surface area contributed by atoms with Gasteiger partial charge in [-0.05, 0) is 72.6 Å². The van der Waals surface area contributed by atoms with Crippen LogP contribution >= 0.6 is 0 Å². The molecule has 0 spiro atoms. The van der Waals surface area contributed by atoms with Gasteiger partial charge in [0.2, 0.25) is 5.91 Å². The first-order chi connectivity index (χ1) is 10.1. The molecule has 0 heterocycles. The van der Waals surface area contributed by atoms with Crippen molar-refractivity contribution in [3.05, 3.63) is 0 Å².